The summed E-state index contributed by atoms with van der Waals surface area (Å²) in [6, 6.07) is 0. The first kappa shape index (κ1) is 14.4. The molecule has 0 aromatic carbocycles. The molecule has 0 aromatic rings. The van der Waals surface area contributed by atoms with Gasteiger partial charge in [0.15, 0.2) is 6.10 Å². The summed E-state index contributed by atoms with van der Waals surface area (Å²) in [7, 11) is 0. The number of carbonyl (C=O) groups is 1. The zero-order valence-corrected chi connectivity index (χ0v) is 10.6. The quantitative estimate of drug-likeness (QED) is 0.617. The van der Waals surface area contributed by atoms with Crippen molar-refractivity contribution < 1.29 is 19.7 Å². The third kappa shape index (κ3) is 4.26. The molecule has 2 unspecified atom stereocenters. The number of aliphatic carboxylic acids is 1. The van der Waals surface area contributed by atoms with Gasteiger partial charge >= 0.3 is 5.97 Å². The molecule has 0 spiro atoms. The Kier molecular flexibility index (Phi) is 5.36. The largest absolute Gasteiger partial charge is 0.479 e. The smallest absolute Gasteiger partial charge is 0.332 e. The van der Waals surface area contributed by atoms with Crippen LogP contribution in [0.15, 0.2) is 0 Å². The lowest BCUT2D eigenvalue weighted by atomic mass is 9.97. The molecule has 1 heterocycles. The van der Waals surface area contributed by atoms with Crippen LogP contribution in [0.4, 0.5) is 0 Å². The Balaban J connectivity index is 2.22. The minimum Gasteiger partial charge on any atom is -0.479 e. The molecule has 0 amide bonds. The third-order valence-corrected chi connectivity index (χ3v) is 3.53. The molecule has 0 bridgehead atoms. The molecule has 0 radical (unpaired) electrons. The summed E-state index contributed by atoms with van der Waals surface area (Å²) in [6.07, 6.45) is 2.06. The Bertz CT molecular complexity index is 253. The minimum atomic E-state index is -0.883. The highest BCUT2D eigenvalue weighted by Crippen LogP contribution is 2.19. The lowest BCUT2D eigenvalue weighted by Gasteiger charge is -2.26. The molecule has 17 heavy (non-hydrogen) atoms. The Morgan fingerprint density at radius 3 is 2.53 bits per heavy atom. The molecule has 1 fully saturated rings. The predicted octanol–water partition coefficient (Wildman–Crippen LogP) is 0.759. The van der Waals surface area contributed by atoms with Crippen LogP contribution in [-0.4, -0.2) is 47.1 Å². The molecular weight excluding hydrogens is 222 g/mol. The SMILES string of the molecule is CCC(O)(CC)CNCC1CCC(C(=O)O)O1. The Morgan fingerprint density at radius 2 is 2.06 bits per heavy atom. The topological polar surface area (TPSA) is 78.8 Å². The summed E-state index contributed by atoms with van der Waals surface area (Å²) < 4.78 is 5.36. The second-order valence-electron chi connectivity index (χ2n) is 4.72. The summed E-state index contributed by atoms with van der Waals surface area (Å²) in [6.45, 7) is 5.04. The van der Waals surface area contributed by atoms with Crippen molar-refractivity contribution in [1.29, 1.82) is 0 Å². The van der Waals surface area contributed by atoms with Gasteiger partial charge in [-0.2, -0.15) is 0 Å². The van der Waals surface area contributed by atoms with Gasteiger partial charge in [-0.15, -0.1) is 0 Å². The third-order valence-electron chi connectivity index (χ3n) is 3.53. The number of rotatable bonds is 7. The summed E-state index contributed by atoms with van der Waals surface area (Å²) in [5.41, 5.74) is -0.662. The Labute approximate surface area is 102 Å². The molecule has 5 nitrogen and oxygen atoms in total. The summed E-state index contributed by atoms with van der Waals surface area (Å²) in [4.78, 5) is 10.7. The molecule has 3 N–H and O–H groups in total. The Hall–Kier alpha value is -0.650. The van der Waals surface area contributed by atoms with Crippen LogP contribution in [0.3, 0.4) is 0 Å². The van der Waals surface area contributed by atoms with Crippen molar-refractivity contribution in [2.75, 3.05) is 13.1 Å². The van der Waals surface area contributed by atoms with Gasteiger partial charge in [0.05, 0.1) is 11.7 Å². The predicted molar refractivity (Wildman–Crippen MR) is 63.9 cm³/mol. The average Bonchev–Trinajstić information content (AvgIpc) is 2.78. The van der Waals surface area contributed by atoms with Crippen LogP contribution >= 0.6 is 0 Å². The van der Waals surface area contributed by atoms with Gasteiger partial charge in [-0.3, -0.25) is 0 Å². The van der Waals surface area contributed by atoms with Crippen molar-refractivity contribution in [2.24, 2.45) is 0 Å². The highest BCUT2D eigenvalue weighted by atomic mass is 16.5. The van der Waals surface area contributed by atoms with Gasteiger partial charge in [-0.25, -0.2) is 4.79 Å². The van der Waals surface area contributed by atoms with Crippen LogP contribution in [0.5, 0.6) is 0 Å². The number of carboxylic acids is 1. The van der Waals surface area contributed by atoms with Crippen LogP contribution in [0, 0.1) is 0 Å². The van der Waals surface area contributed by atoms with E-state index in [0.29, 0.717) is 32.4 Å². The van der Waals surface area contributed by atoms with Gasteiger partial charge in [0.1, 0.15) is 0 Å². The van der Waals surface area contributed by atoms with Gasteiger partial charge in [0, 0.05) is 13.1 Å². The van der Waals surface area contributed by atoms with Gasteiger partial charge in [-0.1, -0.05) is 13.8 Å². The summed E-state index contributed by atoms with van der Waals surface area (Å²) >= 11 is 0. The first-order valence-corrected chi connectivity index (χ1v) is 6.32. The molecule has 1 saturated heterocycles. The molecule has 2 atom stereocenters. The van der Waals surface area contributed by atoms with E-state index < -0.39 is 17.7 Å². The van der Waals surface area contributed by atoms with E-state index >= 15 is 0 Å². The monoisotopic (exact) mass is 245 g/mol. The highest BCUT2D eigenvalue weighted by molar-refractivity contribution is 5.72. The van der Waals surface area contributed by atoms with E-state index in [2.05, 4.69) is 5.32 Å². The molecule has 1 aliphatic rings. The van der Waals surface area contributed by atoms with E-state index in [4.69, 9.17) is 9.84 Å². The normalized spacial score (nSPS) is 25.1. The molecule has 1 aliphatic heterocycles. The van der Waals surface area contributed by atoms with Crippen molar-refractivity contribution in [3.8, 4) is 0 Å². The van der Waals surface area contributed by atoms with E-state index in [1.165, 1.54) is 0 Å². The second-order valence-corrected chi connectivity index (χ2v) is 4.72. The maximum atomic E-state index is 10.7. The van der Waals surface area contributed by atoms with Crippen molar-refractivity contribution in [3.05, 3.63) is 0 Å². The van der Waals surface area contributed by atoms with Crippen LogP contribution < -0.4 is 5.32 Å². The van der Waals surface area contributed by atoms with Crippen molar-refractivity contribution >= 4 is 5.97 Å². The van der Waals surface area contributed by atoms with Crippen LogP contribution in [0.2, 0.25) is 0 Å². The fraction of sp³-hybridized carbons (Fsp3) is 0.917. The first-order chi connectivity index (χ1) is 8.00. The van der Waals surface area contributed by atoms with Crippen LogP contribution in [0.1, 0.15) is 39.5 Å². The lowest BCUT2D eigenvalue weighted by molar-refractivity contribution is -0.149. The number of hydrogen-bond donors (Lipinski definition) is 3. The molecule has 1 rings (SSSR count). The summed E-state index contributed by atoms with van der Waals surface area (Å²) in [5, 5.41) is 22.0. The molecule has 5 heteroatoms. The van der Waals surface area contributed by atoms with E-state index in [1.807, 2.05) is 13.8 Å². The van der Waals surface area contributed by atoms with Crippen molar-refractivity contribution in [2.45, 2.75) is 57.3 Å². The maximum Gasteiger partial charge on any atom is 0.332 e. The van der Waals surface area contributed by atoms with Gasteiger partial charge in [-0.05, 0) is 25.7 Å². The average molecular weight is 245 g/mol. The highest BCUT2D eigenvalue weighted by Gasteiger charge is 2.30. The number of ether oxygens (including phenoxy) is 1. The molecular formula is C12H23NO4. The first-order valence-electron chi connectivity index (χ1n) is 6.32. The van der Waals surface area contributed by atoms with Crippen LogP contribution in [-0.2, 0) is 9.53 Å². The van der Waals surface area contributed by atoms with Crippen molar-refractivity contribution in [3.63, 3.8) is 0 Å². The van der Waals surface area contributed by atoms with Crippen LogP contribution in [0.25, 0.3) is 0 Å². The van der Waals surface area contributed by atoms with E-state index in [9.17, 15) is 9.90 Å². The van der Waals surface area contributed by atoms with E-state index in [1.54, 1.807) is 0 Å². The van der Waals surface area contributed by atoms with Gasteiger partial charge in [0.25, 0.3) is 0 Å². The summed E-state index contributed by atoms with van der Waals surface area (Å²) in [5.74, 6) is -0.883. The lowest BCUT2D eigenvalue weighted by Crippen LogP contribution is -2.42. The molecule has 0 aliphatic carbocycles. The number of carboxylic acid groups (broad SMARTS) is 1. The number of hydrogen-bond acceptors (Lipinski definition) is 4. The van der Waals surface area contributed by atoms with Gasteiger partial charge < -0.3 is 20.3 Å². The fourth-order valence-electron chi connectivity index (χ4n) is 2.00. The van der Waals surface area contributed by atoms with Crippen molar-refractivity contribution in [1.82, 2.24) is 5.32 Å². The number of nitrogens with one attached hydrogen (secondary N) is 1. The van der Waals surface area contributed by atoms with E-state index in [0.717, 1.165) is 6.42 Å². The Morgan fingerprint density at radius 1 is 1.41 bits per heavy atom. The maximum absolute atomic E-state index is 10.7. The standard InChI is InChI=1S/C12H23NO4/c1-3-12(16,4-2)8-13-7-9-5-6-10(17-9)11(14)15/h9-10,13,16H,3-8H2,1-2H3,(H,14,15). The van der Waals surface area contributed by atoms with Gasteiger partial charge in [0.2, 0.25) is 0 Å². The molecule has 0 aromatic heterocycles. The van der Waals surface area contributed by atoms with E-state index in [-0.39, 0.29) is 6.10 Å². The molecule has 0 saturated carbocycles. The fourth-order valence-corrected chi connectivity index (χ4v) is 2.00. The zero-order chi connectivity index (χ0) is 12.9. The second kappa shape index (κ2) is 6.33. The minimum absolute atomic E-state index is 0.0472. The molecule has 100 valence electrons. The number of aliphatic hydroxyl groups is 1. The zero-order valence-electron chi connectivity index (χ0n) is 10.6.